The summed E-state index contributed by atoms with van der Waals surface area (Å²) in [7, 11) is 0. The van der Waals surface area contributed by atoms with Crippen LogP contribution in [0.2, 0.25) is 0 Å². The highest BCUT2D eigenvalue weighted by atomic mass is 19.1. The molecule has 1 aliphatic heterocycles. The van der Waals surface area contributed by atoms with Gasteiger partial charge < -0.3 is 15.8 Å². The number of nitrogens with one attached hydrogen (secondary N) is 1. The highest BCUT2D eigenvalue weighted by Crippen LogP contribution is 2.29. The average molecular weight is 314 g/mol. The van der Waals surface area contributed by atoms with Crippen LogP contribution in [-0.4, -0.2) is 18.6 Å². The van der Waals surface area contributed by atoms with E-state index in [-0.39, 0.29) is 12.5 Å². The second kappa shape index (κ2) is 6.01. The number of nitrogens with two attached hydrogens (primary N) is 1. The molecule has 2 unspecified atom stereocenters. The van der Waals surface area contributed by atoms with E-state index in [9.17, 15) is 9.18 Å². The quantitative estimate of drug-likeness (QED) is 0.855. The molecule has 120 valence electrons. The summed E-state index contributed by atoms with van der Waals surface area (Å²) in [5, 5.41) is 2.89. The molecule has 1 saturated heterocycles. The molecule has 23 heavy (non-hydrogen) atoms. The van der Waals surface area contributed by atoms with Gasteiger partial charge in [0.15, 0.2) is 0 Å². The molecule has 0 aromatic heterocycles. The predicted molar refractivity (Wildman–Crippen MR) is 86.2 cm³/mol. The van der Waals surface area contributed by atoms with Crippen LogP contribution < -0.4 is 11.1 Å². The van der Waals surface area contributed by atoms with Crippen LogP contribution in [0.25, 0.3) is 0 Å². The molecular weight excluding hydrogens is 295 g/mol. The number of ether oxygens (including phenoxy) is 1. The molecule has 1 aliphatic rings. The molecular formula is C18H19FN2O2. The summed E-state index contributed by atoms with van der Waals surface area (Å²) in [6, 6.07) is 14.0. The normalized spacial score (nSPS) is 24.3. The summed E-state index contributed by atoms with van der Waals surface area (Å²) in [4.78, 5) is 12.4. The van der Waals surface area contributed by atoms with Gasteiger partial charge in [0, 0.05) is 17.7 Å². The lowest BCUT2D eigenvalue weighted by Gasteiger charge is -2.38. The summed E-state index contributed by atoms with van der Waals surface area (Å²) in [5.74, 6) is -0.656. The molecule has 1 heterocycles. The molecule has 3 rings (SSSR count). The number of rotatable bonds is 3. The third-order valence-corrected chi connectivity index (χ3v) is 4.11. The van der Waals surface area contributed by atoms with Gasteiger partial charge in [0.25, 0.3) is 0 Å². The van der Waals surface area contributed by atoms with Gasteiger partial charge in [0.1, 0.15) is 11.9 Å². The van der Waals surface area contributed by atoms with E-state index in [0.717, 1.165) is 5.56 Å². The summed E-state index contributed by atoms with van der Waals surface area (Å²) >= 11 is 0. The van der Waals surface area contributed by atoms with E-state index in [1.165, 1.54) is 18.2 Å². The summed E-state index contributed by atoms with van der Waals surface area (Å²) in [5.41, 5.74) is 6.61. The van der Waals surface area contributed by atoms with Crippen molar-refractivity contribution in [2.45, 2.75) is 25.0 Å². The van der Waals surface area contributed by atoms with Crippen molar-refractivity contribution in [2.24, 2.45) is 0 Å². The van der Waals surface area contributed by atoms with Crippen molar-refractivity contribution in [1.29, 1.82) is 0 Å². The Kier molecular flexibility index (Phi) is 4.05. The van der Waals surface area contributed by atoms with Gasteiger partial charge in [-0.05, 0) is 30.7 Å². The van der Waals surface area contributed by atoms with Crippen LogP contribution in [0.1, 0.15) is 18.1 Å². The lowest BCUT2D eigenvalue weighted by Crippen LogP contribution is -2.57. The SMILES string of the molecule is CC1(c2cc(N)ccc2F)COC(Cc2ccccc2)C(=O)N1. The maximum absolute atomic E-state index is 14.1. The molecule has 2 atom stereocenters. The molecule has 4 nitrogen and oxygen atoms in total. The largest absolute Gasteiger partial charge is 0.399 e. The van der Waals surface area contributed by atoms with Crippen molar-refractivity contribution >= 4 is 11.6 Å². The second-order valence-corrected chi connectivity index (χ2v) is 6.05. The molecule has 0 aliphatic carbocycles. The van der Waals surface area contributed by atoms with E-state index >= 15 is 0 Å². The highest BCUT2D eigenvalue weighted by Gasteiger charge is 2.39. The third-order valence-electron chi connectivity index (χ3n) is 4.11. The van der Waals surface area contributed by atoms with E-state index in [0.29, 0.717) is 17.7 Å². The minimum atomic E-state index is -0.927. The molecule has 0 spiro atoms. The van der Waals surface area contributed by atoms with Gasteiger partial charge in [-0.15, -0.1) is 0 Å². The van der Waals surface area contributed by atoms with E-state index in [1.807, 2.05) is 30.3 Å². The molecule has 3 N–H and O–H groups in total. The third kappa shape index (κ3) is 3.19. The summed E-state index contributed by atoms with van der Waals surface area (Å²) < 4.78 is 19.8. The first-order valence-corrected chi connectivity index (χ1v) is 7.51. The minimum absolute atomic E-state index is 0.191. The zero-order valence-electron chi connectivity index (χ0n) is 12.9. The number of morpholine rings is 1. The zero-order valence-corrected chi connectivity index (χ0v) is 12.9. The number of carbonyl (C=O) groups excluding carboxylic acids is 1. The molecule has 1 amide bonds. The van der Waals surface area contributed by atoms with Crippen LogP contribution in [0.5, 0.6) is 0 Å². The molecule has 2 aromatic carbocycles. The predicted octanol–water partition coefficient (Wildman–Crippen LogP) is 2.38. The minimum Gasteiger partial charge on any atom is -0.399 e. The Labute approximate surface area is 134 Å². The van der Waals surface area contributed by atoms with Crippen LogP contribution in [0.3, 0.4) is 0 Å². The van der Waals surface area contributed by atoms with Gasteiger partial charge in [0.05, 0.1) is 12.1 Å². The Bertz CT molecular complexity index is 720. The van der Waals surface area contributed by atoms with Gasteiger partial charge in [-0.1, -0.05) is 30.3 Å². The Hall–Kier alpha value is -2.40. The van der Waals surface area contributed by atoms with Gasteiger partial charge >= 0.3 is 0 Å². The standard InChI is InChI=1S/C18H19FN2O2/c1-18(14-10-13(20)7-8-15(14)19)11-23-16(17(22)21-18)9-12-5-3-2-4-6-12/h2-8,10,16H,9,11,20H2,1H3,(H,21,22). The van der Waals surface area contributed by atoms with Gasteiger partial charge in [-0.2, -0.15) is 0 Å². The maximum Gasteiger partial charge on any atom is 0.250 e. The molecule has 1 fully saturated rings. The Morgan fingerprint density at radius 2 is 2.04 bits per heavy atom. The number of amides is 1. The van der Waals surface area contributed by atoms with Crippen LogP contribution in [0.15, 0.2) is 48.5 Å². The van der Waals surface area contributed by atoms with Crippen LogP contribution in [0.4, 0.5) is 10.1 Å². The second-order valence-electron chi connectivity index (χ2n) is 6.05. The fourth-order valence-corrected chi connectivity index (χ4v) is 2.82. The van der Waals surface area contributed by atoms with Crippen LogP contribution >= 0.6 is 0 Å². The number of nitrogen functional groups attached to an aromatic ring is 1. The Morgan fingerprint density at radius 3 is 2.74 bits per heavy atom. The molecule has 0 radical (unpaired) electrons. The Morgan fingerprint density at radius 1 is 1.30 bits per heavy atom. The van der Waals surface area contributed by atoms with Crippen LogP contribution in [-0.2, 0) is 21.5 Å². The van der Waals surface area contributed by atoms with E-state index in [2.05, 4.69) is 5.32 Å². The number of carbonyl (C=O) groups is 1. The smallest absolute Gasteiger partial charge is 0.250 e. The van der Waals surface area contributed by atoms with Gasteiger partial charge in [0.2, 0.25) is 5.91 Å². The number of anilines is 1. The summed E-state index contributed by atoms with van der Waals surface area (Å²) in [6.07, 6.45) is -0.0862. The first kappa shape index (κ1) is 15.5. The van der Waals surface area contributed by atoms with Crippen molar-refractivity contribution in [2.75, 3.05) is 12.3 Å². The van der Waals surface area contributed by atoms with E-state index < -0.39 is 17.5 Å². The van der Waals surface area contributed by atoms with Crippen molar-refractivity contribution in [1.82, 2.24) is 5.32 Å². The lowest BCUT2D eigenvalue weighted by atomic mass is 9.89. The molecule has 2 aromatic rings. The van der Waals surface area contributed by atoms with Crippen LogP contribution in [0, 0.1) is 5.82 Å². The first-order valence-electron chi connectivity index (χ1n) is 7.51. The number of benzene rings is 2. The zero-order chi connectivity index (χ0) is 16.4. The number of hydrogen-bond donors (Lipinski definition) is 2. The monoisotopic (exact) mass is 314 g/mol. The fourth-order valence-electron chi connectivity index (χ4n) is 2.82. The van der Waals surface area contributed by atoms with Crippen molar-refractivity contribution < 1.29 is 13.9 Å². The average Bonchev–Trinajstić information content (AvgIpc) is 2.53. The Balaban J connectivity index is 1.77. The van der Waals surface area contributed by atoms with Crippen molar-refractivity contribution in [3.63, 3.8) is 0 Å². The molecule has 0 bridgehead atoms. The summed E-state index contributed by atoms with van der Waals surface area (Å²) in [6.45, 7) is 1.93. The van der Waals surface area contributed by atoms with Crippen molar-refractivity contribution in [3.05, 3.63) is 65.5 Å². The highest BCUT2D eigenvalue weighted by molar-refractivity contribution is 5.83. The maximum atomic E-state index is 14.1. The first-order chi connectivity index (χ1) is 11.0. The number of hydrogen-bond acceptors (Lipinski definition) is 3. The van der Waals surface area contributed by atoms with E-state index in [4.69, 9.17) is 10.5 Å². The van der Waals surface area contributed by atoms with Gasteiger partial charge in [-0.3, -0.25) is 4.79 Å². The molecule has 5 heteroatoms. The van der Waals surface area contributed by atoms with Crippen molar-refractivity contribution in [3.8, 4) is 0 Å². The van der Waals surface area contributed by atoms with E-state index in [1.54, 1.807) is 6.92 Å². The number of halogens is 1. The van der Waals surface area contributed by atoms with Gasteiger partial charge in [-0.25, -0.2) is 4.39 Å². The molecule has 0 saturated carbocycles. The lowest BCUT2D eigenvalue weighted by molar-refractivity contribution is -0.145. The fraction of sp³-hybridized carbons (Fsp3) is 0.278. The topological polar surface area (TPSA) is 64.3 Å².